The van der Waals surface area contributed by atoms with Crippen LogP contribution in [0.2, 0.25) is 0 Å². The number of ether oxygens (including phenoxy) is 2. The van der Waals surface area contributed by atoms with Gasteiger partial charge in [-0.15, -0.1) is 0 Å². The molecular formula is C10H12FNO4S. The van der Waals surface area contributed by atoms with Crippen LogP contribution in [0.5, 0.6) is 0 Å². The van der Waals surface area contributed by atoms with Crippen molar-refractivity contribution in [3.05, 3.63) is 29.8 Å². The van der Waals surface area contributed by atoms with Crippen molar-refractivity contribution < 1.29 is 22.3 Å². The molecule has 0 aromatic heterocycles. The topological polar surface area (TPSA) is 78.6 Å². The highest BCUT2D eigenvalue weighted by Crippen LogP contribution is 2.35. The fraction of sp³-hybridized carbons (Fsp3) is 0.400. The molecule has 5 nitrogen and oxygen atoms in total. The summed E-state index contributed by atoms with van der Waals surface area (Å²) in [4.78, 5) is -0.181. The van der Waals surface area contributed by atoms with Gasteiger partial charge >= 0.3 is 0 Å². The lowest BCUT2D eigenvalue weighted by atomic mass is 10.1. The number of alkyl halides is 1. The van der Waals surface area contributed by atoms with Gasteiger partial charge in [0.05, 0.1) is 18.1 Å². The fourth-order valence-electron chi connectivity index (χ4n) is 1.79. The van der Waals surface area contributed by atoms with Gasteiger partial charge in [0.2, 0.25) is 15.8 Å². The summed E-state index contributed by atoms with van der Waals surface area (Å²) in [6.45, 7) is -0.550. The molecule has 2 N–H and O–H groups in total. The number of hydrogen-bond acceptors (Lipinski definition) is 4. The predicted molar refractivity (Wildman–Crippen MR) is 57.4 cm³/mol. The summed E-state index contributed by atoms with van der Waals surface area (Å²) in [6.07, 6.45) is 0. The molecule has 17 heavy (non-hydrogen) atoms. The van der Waals surface area contributed by atoms with E-state index in [0.717, 1.165) is 0 Å². The van der Waals surface area contributed by atoms with Gasteiger partial charge in [0.25, 0.3) is 0 Å². The molecule has 94 valence electrons. The summed E-state index contributed by atoms with van der Waals surface area (Å²) in [5.41, 5.74) is 0.0995. The van der Waals surface area contributed by atoms with Crippen molar-refractivity contribution in [2.45, 2.75) is 10.7 Å². The van der Waals surface area contributed by atoms with Gasteiger partial charge in [-0.25, -0.2) is 17.9 Å². The SMILES string of the molecule is NS(=O)(=O)c1ccccc1C1(CF)OCCO1. The third-order valence-electron chi connectivity index (χ3n) is 2.53. The fourth-order valence-corrected chi connectivity index (χ4v) is 2.59. The Balaban J connectivity index is 2.59. The largest absolute Gasteiger partial charge is 0.341 e. The van der Waals surface area contributed by atoms with Crippen molar-refractivity contribution in [1.29, 1.82) is 0 Å². The molecule has 0 unspecified atom stereocenters. The molecule has 0 saturated carbocycles. The minimum atomic E-state index is -3.95. The zero-order valence-electron chi connectivity index (χ0n) is 8.93. The molecule has 0 amide bonds. The first kappa shape index (κ1) is 12.4. The number of rotatable bonds is 3. The molecule has 1 heterocycles. The van der Waals surface area contributed by atoms with E-state index in [0.29, 0.717) is 0 Å². The normalized spacial score (nSPS) is 19.4. The van der Waals surface area contributed by atoms with Crippen LogP contribution in [0.1, 0.15) is 5.56 Å². The molecule has 1 aromatic rings. The summed E-state index contributed by atoms with van der Waals surface area (Å²) in [5, 5.41) is 5.08. The van der Waals surface area contributed by atoms with Gasteiger partial charge in [0.1, 0.15) is 6.67 Å². The lowest BCUT2D eigenvalue weighted by Crippen LogP contribution is -2.32. The maximum atomic E-state index is 13.1. The van der Waals surface area contributed by atoms with Crippen LogP contribution in [0.4, 0.5) is 4.39 Å². The Labute approximate surface area is 98.4 Å². The van der Waals surface area contributed by atoms with Crippen LogP contribution >= 0.6 is 0 Å². The van der Waals surface area contributed by atoms with Crippen LogP contribution in [0.15, 0.2) is 29.2 Å². The molecule has 1 aliphatic rings. The first-order valence-electron chi connectivity index (χ1n) is 4.96. The molecular weight excluding hydrogens is 249 g/mol. The van der Waals surface area contributed by atoms with Crippen LogP contribution in [0.25, 0.3) is 0 Å². The highest BCUT2D eigenvalue weighted by Gasteiger charge is 2.42. The molecule has 0 atom stereocenters. The average Bonchev–Trinajstić information content (AvgIpc) is 2.78. The smallest absolute Gasteiger partial charge is 0.238 e. The number of benzene rings is 1. The molecule has 0 spiro atoms. The van der Waals surface area contributed by atoms with E-state index in [4.69, 9.17) is 14.6 Å². The first-order valence-corrected chi connectivity index (χ1v) is 6.50. The number of hydrogen-bond donors (Lipinski definition) is 1. The first-order chi connectivity index (χ1) is 7.99. The molecule has 0 aliphatic carbocycles. The van der Waals surface area contributed by atoms with Gasteiger partial charge < -0.3 is 9.47 Å². The third-order valence-corrected chi connectivity index (χ3v) is 3.50. The predicted octanol–water partition coefficient (Wildman–Crippen LogP) is 0.503. The van der Waals surface area contributed by atoms with Crippen LogP contribution < -0.4 is 5.14 Å². The molecule has 1 saturated heterocycles. The standard InChI is InChI=1S/C10H12FNO4S/c11-7-10(15-5-6-16-10)8-3-1-2-4-9(8)17(12,13)14/h1-4H,5-7H2,(H2,12,13,14). The van der Waals surface area contributed by atoms with E-state index in [1.54, 1.807) is 6.07 Å². The second-order valence-electron chi connectivity index (χ2n) is 3.62. The zero-order valence-corrected chi connectivity index (χ0v) is 9.74. The molecule has 1 fully saturated rings. The minimum absolute atomic E-state index is 0.0995. The van der Waals surface area contributed by atoms with Gasteiger partial charge in [-0.3, -0.25) is 0 Å². The van der Waals surface area contributed by atoms with E-state index in [2.05, 4.69) is 0 Å². The van der Waals surface area contributed by atoms with E-state index in [-0.39, 0.29) is 23.7 Å². The summed E-state index contributed by atoms with van der Waals surface area (Å²) < 4.78 is 46.3. The highest BCUT2D eigenvalue weighted by atomic mass is 32.2. The minimum Gasteiger partial charge on any atom is -0.341 e. The Morgan fingerprint density at radius 3 is 2.41 bits per heavy atom. The lowest BCUT2D eigenvalue weighted by molar-refractivity contribution is -0.178. The number of nitrogens with two attached hydrogens (primary N) is 1. The Morgan fingerprint density at radius 1 is 1.29 bits per heavy atom. The Kier molecular flexibility index (Phi) is 3.17. The van der Waals surface area contributed by atoms with Gasteiger partial charge in [0.15, 0.2) is 0 Å². The summed E-state index contributed by atoms with van der Waals surface area (Å²) in [5.74, 6) is -1.65. The molecule has 0 bridgehead atoms. The number of primary sulfonamides is 1. The Bertz CT molecular complexity index is 511. The van der Waals surface area contributed by atoms with Crippen LogP contribution in [0.3, 0.4) is 0 Å². The van der Waals surface area contributed by atoms with Crippen molar-refractivity contribution in [3.8, 4) is 0 Å². The summed E-state index contributed by atoms with van der Waals surface area (Å²) in [7, 11) is -3.95. The van der Waals surface area contributed by atoms with E-state index < -0.39 is 22.5 Å². The molecule has 7 heteroatoms. The van der Waals surface area contributed by atoms with E-state index in [9.17, 15) is 12.8 Å². The second-order valence-corrected chi connectivity index (χ2v) is 5.15. The second kappa shape index (κ2) is 4.34. The van der Waals surface area contributed by atoms with E-state index in [1.165, 1.54) is 18.2 Å². The third kappa shape index (κ3) is 2.19. The Morgan fingerprint density at radius 2 is 1.88 bits per heavy atom. The van der Waals surface area contributed by atoms with Crippen molar-refractivity contribution in [3.63, 3.8) is 0 Å². The van der Waals surface area contributed by atoms with Crippen LogP contribution in [0, 0.1) is 0 Å². The van der Waals surface area contributed by atoms with E-state index >= 15 is 0 Å². The summed E-state index contributed by atoms with van der Waals surface area (Å²) >= 11 is 0. The van der Waals surface area contributed by atoms with Crippen molar-refractivity contribution in [1.82, 2.24) is 0 Å². The van der Waals surface area contributed by atoms with E-state index in [1.807, 2.05) is 0 Å². The maximum absolute atomic E-state index is 13.1. The van der Waals surface area contributed by atoms with Crippen molar-refractivity contribution in [2.75, 3.05) is 19.9 Å². The Hall–Kier alpha value is -1.02. The van der Waals surface area contributed by atoms with Gasteiger partial charge in [0, 0.05) is 5.56 Å². The molecule has 1 aromatic carbocycles. The monoisotopic (exact) mass is 261 g/mol. The lowest BCUT2D eigenvalue weighted by Gasteiger charge is -2.25. The maximum Gasteiger partial charge on any atom is 0.238 e. The van der Waals surface area contributed by atoms with Gasteiger partial charge in [-0.2, -0.15) is 0 Å². The van der Waals surface area contributed by atoms with Crippen molar-refractivity contribution >= 4 is 10.0 Å². The zero-order chi connectivity index (χ0) is 12.5. The highest BCUT2D eigenvalue weighted by molar-refractivity contribution is 7.89. The molecule has 0 radical (unpaired) electrons. The summed E-state index contributed by atoms with van der Waals surface area (Å²) in [6, 6.07) is 5.81. The van der Waals surface area contributed by atoms with Crippen LogP contribution in [-0.2, 0) is 25.3 Å². The van der Waals surface area contributed by atoms with Crippen LogP contribution in [-0.4, -0.2) is 28.3 Å². The molecule has 1 aliphatic heterocycles. The molecule has 2 rings (SSSR count). The number of sulfonamides is 1. The quantitative estimate of drug-likeness (QED) is 0.859. The average molecular weight is 261 g/mol. The van der Waals surface area contributed by atoms with Gasteiger partial charge in [-0.05, 0) is 6.07 Å². The number of halogens is 1. The van der Waals surface area contributed by atoms with Crippen molar-refractivity contribution in [2.24, 2.45) is 5.14 Å². The van der Waals surface area contributed by atoms with Gasteiger partial charge in [-0.1, -0.05) is 18.2 Å².